The van der Waals surface area contributed by atoms with Gasteiger partial charge >= 0.3 is 12.1 Å². The van der Waals surface area contributed by atoms with Crippen LogP contribution in [0.2, 0.25) is 0 Å². The number of carbonyl (C=O) groups excluding carboxylic acids is 2. The Kier molecular flexibility index (Phi) is 9.84. The van der Waals surface area contributed by atoms with Crippen molar-refractivity contribution in [3.8, 4) is 0 Å². The van der Waals surface area contributed by atoms with Crippen molar-refractivity contribution in [2.45, 2.75) is 65.1 Å². The molecule has 0 rings (SSSR count). The van der Waals surface area contributed by atoms with E-state index in [1.807, 2.05) is 0 Å². The van der Waals surface area contributed by atoms with Gasteiger partial charge < -0.3 is 26.6 Å². The van der Waals surface area contributed by atoms with Crippen LogP contribution in [0.3, 0.4) is 0 Å². The van der Waals surface area contributed by atoms with Crippen LogP contribution in [0.1, 0.15) is 47.5 Å². The van der Waals surface area contributed by atoms with E-state index < -0.39 is 46.6 Å². The van der Waals surface area contributed by atoms with Crippen LogP contribution in [0, 0.1) is 16.0 Å². The number of hydrogen-bond donors (Lipinski definition) is 4. The topological polar surface area (TPSA) is 203 Å². The van der Waals surface area contributed by atoms with Gasteiger partial charge in [-0.05, 0) is 44.5 Å². The summed E-state index contributed by atoms with van der Waals surface area (Å²) in [6.07, 6.45) is -1.43. The Bertz CT molecular complexity index is 640. The lowest BCUT2D eigenvalue weighted by molar-refractivity contribution is -0.641. The van der Waals surface area contributed by atoms with Crippen LogP contribution >= 0.6 is 0 Å². The summed E-state index contributed by atoms with van der Waals surface area (Å²) in [6, 6.07) is -2.93. The lowest BCUT2D eigenvalue weighted by atomic mass is 10.0. The van der Waals surface area contributed by atoms with E-state index in [2.05, 4.69) is 10.3 Å². The zero-order valence-electron chi connectivity index (χ0n) is 17.2. The van der Waals surface area contributed by atoms with E-state index in [1.54, 1.807) is 13.8 Å². The lowest BCUT2D eigenvalue weighted by Crippen LogP contribution is -2.56. The van der Waals surface area contributed by atoms with E-state index >= 15 is 0 Å². The van der Waals surface area contributed by atoms with Crippen molar-refractivity contribution < 1.29 is 29.3 Å². The molecule has 0 aromatic heterocycles. The number of nitrogens with two attached hydrogens (primary N) is 2. The molecule has 0 saturated heterocycles. The molecule has 2 amide bonds. The fourth-order valence-electron chi connectivity index (χ4n) is 2.24. The molecule has 0 heterocycles. The zero-order chi connectivity index (χ0) is 22.9. The molecular formula is C16H30N6O7. The van der Waals surface area contributed by atoms with Gasteiger partial charge in [0.15, 0.2) is 17.0 Å². The van der Waals surface area contributed by atoms with E-state index in [0.29, 0.717) is 0 Å². The van der Waals surface area contributed by atoms with Gasteiger partial charge in [0.05, 0.1) is 0 Å². The van der Waals surface area contributed by atoms with Crippen LogP contribution in [0.15, 0.2) is 4.99 Å². The molecule has 6 N–H and O–H groups in total. The fraction of sp³-hybridized carbons (Fsp3) is 0.750. The van der Waals surface area contributed by atoms with Gasteiger partial charge in [-0.2, -0.15) is 0 Å². The Hall–Kier alpha value is -3.12. The van der Waals surface area contributed by atoms with Gasteiger partial charge in [0.25, 0.3) is 0 Å². The normalized spacial score (nSPS) is 13.2. The average molecular weight is 418 g/mol. The maximum Gasteiger partial charge on any atom is 0.469 e. The SMILES string of the molecule is CC(C)[C@H](NC(=O)[C@H](CCCN=C(N)N)N(C(=O)OC(C)(C)C)[N+](=O)[O-])C(=O)O. The first-order valence-corrected chi connectivity index (χ1v) is 8.92. The number of carboxylic acid groups (broad SMARTS) is 1. The minimum absolute atomic E-state index is 0.0509. The molecule has 0 aromatic carbocycles. The first-order valence-electron chi connectivity index (χ1n) is 8.92. The number of amides is 2. The fourth-order valence-corrected chi connectivity index (χ4v) is 2.24. The molecule has 2 atom stereocenters. The summed E-state index contributed by atoms with van der Waals surface area (Å²) in [4.78, 5) is 51.6. The van der Waals surface area contributed by atoms with Crippen molar-refractivity contribution in [2.24, 2.45) is 22.4 Å². The molecule has 0 spiro atoms. The Morgan fingerprint density at radius 1 is 1.28 bits per heavy atom. The Morgan fingerprint density at radius 3 is 2.21 bits per heavy atom. The molecule has 0 radical (unpaired) electrons. The summed E-state index contributed by atoms with van der Waals surface area (Å²) in [5.74, 6) is -3.00. The molecule has 0 fully saturated rings. The number of carbonyl (C=O) groups is 3. The highest BCUT2D eigenvalue weighted by molar-refractivity contribution is 5.89. The summed E-state index contributed by atoms with van der Waals surface area (Å²) >= 11 is 0. The Morgan fingerprint density at radius 2 is 1.83 bits per heavy atom. The summed E-state index contributed by atoms with van der Waals surface area (Å²) in [5, 5.41) is 22.0. The van der Waals surface area contributed by atoms with Gasteiger partial charge in [-0.25, -0.2) is 19.7 Å². The van der Waals surface area contributed by atoms with Crippen LogP contribution in [0.5, 0.6) is 0 Å². The molecule has 0 unspecified atom stereocenters. The number of guanidine groups is 1. The van der Waals surface area contributed by atoms with Gasteiger partial charge in [0, 0.05) is 6.54 Å². The number of hydrogen-bond acceptors (Lipinski definition) is 7. The second kappa shape index (κ2) is 11.0. The molecule has 0 aliphatic heterocycles. The maximum absolute atomic E-state index is 12.7. The van der Waals surface area contributed by atoms with E-state index in [1.165, 1.54) is 20.8 Å². The van der Waals surface area contributed by atoms with Crippen LogP contribution < -0.4 is 16.8 Å². The van der Waals surface area contributed by atoms with Crippen LogP contribution in [-0.2, 0) is 14.3 Å². The molecule has 13 heteroatoms. The second-order valence-electron chi connectivity index (χ2n) is 7.60. The quantitative estimate of drug-likeness (QED) is 0.124. The molecule has 0 aromatic rings. The molecule has 0 bridgehead atoms. The van der Waals surface area contributed by atoms with Crippen LogP contribution in [-0.4, -0.2) is 63.3 Å². The number of ether oxygens (including phenoxy) is 1. The molecule has 29 heavy (non-hydrogen) atoms. The van der Waals surface area contributed by atoms with Crippen molar-refractivity contribution in [2.75, 3.05) is 6.54 Å². The summed E-state index contributed by atoms with van der Waals surface area (Å²) in [7, 11) is 0. The Labute approximate surface area is 168 Å². The smallest absolute Gasteiger partial charge is 0.469 e. The summed E-state index contributed by atoms with van der Waals surface area (Å²) < 4.78 is 5.02. The molecule has 13 nitrogen and oxygen atoms in total. The predicted octanol–water partition coefficient (Wildman–Crippen LogP) is 0.0628. The highest BCUT2D eigenvalue weighted by Gasteiger charge is 2.42. The first kappa shape index (κ1) is 25.9. The van der Waals surface area contributed by atoms with Crippen LogP contribution in [0.25, 0.3) is 0 Å². The van der Waals surface area contributed by atoms with E-state index in [-0.39, 0.29) is 30.4 Å². The van der Waals surface area contributed by atoms with E-state index in [0.717, 1.165) is 0 Å². The van der Waals surface area contributed by atoms with Gasteiger partial charge in [0.1, 0.15) is 11.6 Å². The van der Waals surface area contributed by atoms with E-state index in [4.69, 9.17) is 16.2 Å². The van der Waals surface area contributed by atoms with Gasteiger partial charge in [-0.3, -0.25) is 9.79 Å². The largest absolute Gasteiger partial charge is 0.480 e. The number of nitrogens with zero attached hydrogens (tertiary/aromatic N) is 3. The summed E-state index contributed by atoms with van der Waals surface area (Å²) in [5.41, 5.74) is 9.39. The zero-order valence-corrected chi connectivity index (χ0v) is 17.2. The monoisotopic (exact) mass is 418 g/mol. The lowest BCUT2D eigenvalue weighted by Gasteiger charge is -2.27. The van der Waals surface area contributed by atoms with Gasteiger partial charge in [-0.15, -0.1) is 0 Å². The average Bonchev–Trinajstić information content (AvgIpc) is 2.51. The minimum Gasteiger partial charge on any atom is -0.480 e. The highest BCUT2D eigenvalue weighted by Crippen LogP contribution is 2.16. The third-order valence-electron chi connectivity index (χ3n) is 3.51. The van der Waals surface area contributed by atoms with Gasteiger partial charge in [0.2, 0.25) is 5.91 Å². The minimum atomic E-state index is -1.63. The summed E-state index contributed by atoms with van der Waals surface area (Å²) in [6.45, 7) is 7.71. The Balaban J connectivity index is 5.75. The van der Waals surface area contributed by atoms with E-state index in [9.17, 15) is 29.6 Å². The number of rotatable bonds is 10. The number of aliphatic carboxylic acids is 1. The highest BCUT2D eigenvalue weighted by atomic mass is 16.7. The number of nitro groups is 1. The second-order valence-corrected chi connectivity index (χ2v) is 7.60. The first-order chi connectivity index (χ1) is 13.2. The van der Waals surface area contributed by atoms with Crippen molar-refractivity contribution in [3.05, 3.63) is 10.1 Å². The molecule has 166 valence electrons. The molecule has 0 aliphatic carbocycles. The van der Waals surface area contributed by atoms with Crippen molar-refractivity contribution in [1.82, 2.24) is 10.3 Å². The predicted molar refractivity (Wildman–Crippen MR) is 103 cm³/mol. The number of hydrazine groups is 1. The molecule has 0 saturated carbocycles. The van der Waals surface area contributed by atoms with Gasteiger partial charge in [-0.1, -0.05) is 13.8 Å². The standard InChI is InChI=1S/C16H30N6O7/c1-9(2)11(13(24)25)20-12(23)10(7-6-8-19-14(17)18)21(22(27)28)15(26)29-16(3,4)5/h9-11H,6-8H2,1-5H3,(H,20,23)(H,24,25)(H4,17,18,19)/t10-,11-/m0/s1. The third-order valence-corrected chi connectivity index (χ3v) is 3.51. The molecular weight excluding hydrogens is 388 g/mol. The third kappa shape index (κ3) is 9.58. The number of aliphatic imine (C=N–C) groups is 1. The molecule has 0 aliphatic rings. The number of carboxylic acids is 1. The van der Waals surface area contributed by atoms with Crippen molar-refractivity contribution in [1.29, 1.82) is 0 Å². The van der Waals surface area contributed by atoms with Crippen molar-refractivity contribution >= 4 is 23.9 Å². The maximum atomic E-state index is 12.7. The van der Waals surface area contributed by atoms with Crippen molar-refractivity contribution in [3.63, 3.8) is 0 Å². The van der Waals surface area contributed by atoms with Crippen LogP contribution in [0.4, 0.5) is 4.79 Å². The number of nitrogens with one attached hydrogen (secondary N) is 1.